The Hall–Kier alpha value is -3.48. The number of benzene rings is 2. The Labute approximate surface area is 142 Å². The maximum Gasteiger partial charge on any atom is 0.294 e. The summed E-state index contributed by atoms with van der Waals surface area (Å²) in [5.74, 6) is -1.14. The molecule has 0 saturated carbocycles. The van der Waals surface area contributed by atoms with Gasteiger partial charge in [-0.1, -0.05) is 11.2 Å². The number of aryl methyl sites for hydroxylation is 1. The summed E-state index contributed by atoms with van der Waals surface area (Å²) < 4.78 is 17.8. The van der Waals surface area contributed by atoms with Gasteiger partial charge in [-0.05, 0) is 49.4 Å². The van der Waals surface area contributed by atoms with Gasteiger partial charge in [0, 0.05) is 23.0 Å². The molecule has 2 N–H and O–H groups in total. The van der Waals surface area contributed by atoms with Crippen molar-refractivity contribution >= 4 is 23.2 Å². The van der Waals surface area contributed by atoms with Crippen molar-refractivity contribution in [1.29, 1.82) is 0 Å². The smallest absolute Gasteiger partial charge is 0.294 e. The van der Waals surface area contributed by atoms with Crippen LogP contribution in [0.15, 0.2) is 59.1 Å². The summed E-state index contributed by atoms with van der Waals surface area (Å²) in [4.78, 5) is 24.3. The Bertz CT molecular complexity index is 919. The van der Waals surface area contributed by atoms with Crippen LogP contribution in [-0.4, -0.2) is 17.0 Å². The van der Waals surface area contributed by atoms with Gasteiger partial charge in [0.2, 0.25) is 5.76 Å². The second kappa shape index (κ2) is 6.96. The molecule has 0 radical (unpaired) electrons. The van der Waals surface area contributed by atoms with E-state index >= 15 is 0 Å². The number of hydrogen-bond donors (Lipinski definition) is 2. The topological polar surface area (TPSA) is 84.2 Å². The van der Waals surface area contributed by atoms with Crippen molar-refractivity contribution in [2.24, 2.45) is 0 Å². The fourth-order valence-corrected chi connectivity index (χ4v) is 2.14. The van der Waals surface area contributed by atoms with Crippen LogP contribution in [0.3, 0.4) is 0 Å². The first-order valence-corrected chi connectivity index (χ1v) is 7.43. The average Bonchev–Trinajstić information content (AvgIpc) is 3.04. The zero-order valence-electron chi connectivity index (χ0n) is 13.2. The predicted octanol–water partition coefficient (Wildman–Crippen LogP) is 3.63. The minimum Gasteiger partial charge on any atom is -0.351 e. The van der Waals surface area contributed by atoms with E-state index < -0.39 is 5.91 Å². The van der Waals surface area contributed by atoms with Crippen LogP contribution in [0.5, 0.6) is 0 Å². The summed E-state index contributed by atoms with van der Waals surface area (Å²) in [5.41, 5.74) is 1.84. The van der Waals surface area contributed by atoms with Crippen LogP contribution in [0.1, 0.15) is 26.6 Å². The lowest BCUT2D eigenvalue weighted by molar-refractivity contribution is 0.0985. The van der Waals surface area contributed by atoms with Gasteiger partial charge in [0.1, 0.15) is 5.82 Å². The summed E-state index contributed by atoms with van der Waals surface area (Å²) in [6, 6.07) is 13.4. The molecule has 25 heavy (non-hydrogen) atoms. The Morgan fingerprint density at radius 3 is 2.36 bits per heavy atom. The molecule has 0 spiro atoms. The first-order chi connectivity index (χ1) is 12.0. The monoisotopic (exact) mass is 339 g/mol. The van der Waals surface area contributed by atoms with Crippen molar-refractivity contribution in [1.82, 2.24) is 5.16 Å². The molecule has 0 aliphatic heterocycles. The van der Waals surface area contributed by atoms with Crippen molar-refractivity contribution < 1.29 is 18.5 Å². The second-order valence-electron chi connectivity index (χ2n) is 5.33. The lowest BCUT2D eigenvalue weighted by Crippen LogP contribution is -2.14. The molecule has 3 aromatic rings. The van der Waals surface area contributed by atoms with Gasteiger partial charge >= 0.3 is 0 Å². The third-order valence-electron chi connectivity index (χ3n) is 3.34. The average molecular weight is 339 g/mol. The molecular formula is C18H14FN3O3. The molecule has 2 amide bonds. The number of hydrogen-bond acceptors (Lipinski definition) is 4. The van der Waals surface area contributed by atoms with E-state index in [1.165, 1.54) is 36.4 Å². The lowest BCUT2D eigenvalue weighted by atomic mass is 10.1. The first-order valence-electron chi connectivity index (χ1n) is 7.43. The van der Waals surface area contributed by atoms with Gasteiger partial charge in [0.05, 0.1) is 5.69 Å². The molecule has 0 aliphatic rings. The van der Waals surface area contributed by atoms with Crippen LogP contribution in [0.2, 0.25) is 0 Å². The first kappa shape index (κ1) is 16.4. The highest BCUT2D eigenvalue weighted by molar-refractivity contribution is 6.06. The van der Waals surface area contributed by atoms with Crippen LogP contribution >= 0.6 is 0 Å². The van der Waals surface area contributed by atoms with Crippen molar-refractivity contribution in [3.05, 3.63) is 77.4 Å². The number of anilines is 2. The number of carbonyl (C=O) groups is 2. The third-order valence-corrected chi connectivity index (χ3v) is 3.34. The number of nitrogens with one attached hydrogen (secondary N) is 2. The molecule has 0 saturated heterocycles. The molecule has 1 aromatic heterocycles. The Kier molecular flexibility index (Phi) is 4.56. The van der Waals surface area contributed by atoms with Crippen molar-refractivity contribution in [3.8, 4) is 0 Å². The van der Waals surface area contributed by atoms with Gasteiger partial charge in [0.25, 0.3) is 11.8 Å². The minimum atomic E-state index is -0.461. The number of nitrogens with zero attached hydrogens (tertiary/aromatic N) is 1. The van der Waals surface area contributed by atoms with E-state index in [4.69, 9.17) is 4.52 Å². The van der Waals surface area contributed by atoms with Gasteiger partial charge in [-0.3, -0.25) is 9.59 Å². The van der Waals surface area contributed by atoms with Gasteiger partial charge < -0.3 is 15.2 Å². The SMILES string of the molecule is Cc1cc(C(=O)Nc2cccc(C(=O)Nc3ccc(F)cc3)c2)on1. The highest BCUT2D eigenvalue weighted by atomic mass is 19.1. The van der Waals surface area contributed by atoms with Crippen LogP contribution in [0.25, 0.3) is 0 Å². The van der Waals surface area contributed by atoms with E-state index in [9.17, 15) is 14.0 Å². The third kappa shape index (κ3) is 4.08. The molecular weight excluding hydrogens is 325 g/mol. The van der Waals surface area contributed by atoms with Crippen molar-refractivity contribution in [2.75, 3.05) is 10.6 Å². The summed E-state index contributed by atoms with van der Waals surface area (Å²) in [7, 11) is 0. The highest BCUT2D eigenvalue weighted by Crippen LogP contribution is 2.15. The van der Waals surface area contributed by atoms with Crippen LogP contribution in [0, 0.1) is 12.7 Å². The second-order valence-corrected chi connectivity index (χ2v) is 5.33. The van der Waals surface area contributed by atoms with E-state index in [1.54, 1.807) is 25.1 Å². The fraction of sp³-hybridized carbons (Fsp3) is 0.0556. The maximum atomic E-state index is 12.9. The fourth-order valence-electron chi connectivity index (χ4n) is 2.14. The standard InChI is InChI=1S/C18H14FN3O3/c1-11-9-16(25-22-11)18(24)21-15-4-2-3-12(10-15)17(23)20-14-7-5-13(19)6-8-14/h2-10H,1H3,(H,20,23)(H,21,24). The highest BCUT2D eigenvalue weighted by Gasteiger charge is 2.13. The zero-order chi connectivity index (χ0) is 17.8. The van der Waals surface area contributed by atoms with E-state index in [1.807, 2.05) is 0 Å². The molecule has 0 atom stereocenters. The minimum absolute atomic E-state index is 0.0821. The molecule has 0 fully saturated rings. The van der Waals surface area contributed by atoms with Gasteiger partial charge in [0.15, 0.2) is 0 Å². The largest absolute Gasteiger partial charge is 0.351 e. The predicted molar refractivity (Wildman–Crippen MR) is 90.0 cm³/mol. The van der Waals surface area contributed by atoms with Crippen LogP contribution in [-0.2, 0) is 0 Å². The van der Waals surface area contributed by atoms with Crippen LogP contribution < -0.4 is 10.6 Å². The summed E-state index contributed by atoms with van der Waals surface area (Å²) >= 11 is 0. The Morgan fingerprint density at radius 1 is 0.960 bits per heavy atom. The summed E-state index contributed by atoms with van der Waals surface area (Å²) in [5, 5.41) is 8.94. The van der Waals surface area contributed by atoms with Crippen molar-refractivity contribution in [3.63, 3.8) is 0 Å². The molecule has 0 bridgehead atoms. The summed E-state index contributed by atoms with van der Waals surface area (Å²) in [6.07, 6.45) is 0. The maximum absolute atomic E-state index is 12.9. The molecule has 3 rings (SSSR count). The number of rotatable bonds is 4. The van der Waals surface area contributed by atoms with E-state index in [0.29, 0.717) is 22.6 Å². The van der Waals surface area contributed by atoms with Gasteiger partial charge in [-0.2, -0.15) is 0 Å². The number of carbonyl (C=O) groups excluding carboxylic acids is 2. The quantitative estimate of drug-likeness (QED) is 0.760. The number of halogens is 1. The van der Waals surface area contributed by atoms with Gasteiger partial charge in [-0.15, -0.1) is 0 Å². The molecule has 0 aliphatic carbocycles. The number of aromatic nitrogens is 1. The van der Waals surface area contributed by atoms with E-state index in [-0.39, 0.29) is 17.5 Å². The Balaban J connectivity index is 1.71. The molecule has 6 nitrogen and oxygen atoms in total. The van der Waals surface area contributed by atoms with E-state index in [2.05, 4.69) is 15.8 Å². The van der Waals surface area contributed by atoms with Gasteiger partial charge in [-0.25, -0.2) is 4.39 Å². The number of amides is 2. The molecule has 7 heteroatoms. The molecule has 1 heterocycles. The van der Waals surface area contributed by atoms with Crippen molar-refractivity contribution in [2.45, 2.75) is 6.92 Å². The zero-order valence-corrected chi connectivity index (χ0v) is 13.2. The molecule has 2 aromatic carbocycles. The molecule has 126 valence electrons. The lowest BCUT2D eigenvalue weighted by Gasteiger charge is -2.07. The summed E-state index contributed by atoms with van der Waals surface area (Å²) in [6.45, 7) is 1.71. The van der Waals surface area contributed by atoms with E-state index in [0.717, 1.165) is 0 Å². The Morgan fingerprint density at radius 2 is 1.68 bits per heavy atom. The normalized spacial score (nSPS) is 10.3. The van der Waals surface area contributed by atoms with Crippen LogP contribution in [0.4, 0.5) is 15.8 Å². The molecule has 0 unspecified atom stereocenters.